The number of hydrogen-bond donors (Lipinski definition) is 1. The van der Waals surface area contributed by atoms with Crippen LogP contribution in [0, 0.1) is 0 Å². The van der Waals surface area contributed by atoms with Gasteiger partial charge >= 0.3 is 0 Å². The van der Waals surface area contributed by atoms with Gasteiger partial charge in [0.1, 0.15) is 17.3 Å². The number of nitrogens with zero attached hydrogens (tertiary/aromatic N) is 2. The fourth-order valence-electron chi connectivity index (χ4n) is 2.43. The highest BCUT2D eigenvalue weighted by Crippen LogP contribution is 2.20. The summed E-state index contributed by atoms with van der Waals surface area (Å²) in [5.74, 6) is 0.977. The van der Waals surface area contributed by atoms with Crippen molar-refractivity contribution in [3.63, 3.8) is 0 Å². The number of hydrogen-bond acceptors (Lipinski definition) is 5. The van der Waals surface area contributed by atoms with Crippen molar-refractivity contribution in [1.82, 2.24) is 5.32 Å². The highest BCUT2D eigenvalue weighted by molar-refractivity contribution is 6.16. The number of ether oxygens (including phenoxy) is 2. The molecule has 0 bridgehead atoms. The van der Waals surface area contributed by atoms with Crippen LogP contribution >= 0.6 is 0 Å². The molecule has 0 radical (unpaired) electrons. The first-order chi connectivity index (χ1) is 12.6. The third-order valence-electron chi connectivity index (χ3n) is 3.79. The minimum absolute atomic E-state index is 0.0376. The predicted octanol–water partition coefficient (Wildman–Crippen LogP) is 2.33. The molecular weight excluding hydrogens is 334 g/mol. The van der Waals surface area contributed by atoms with Gasteiger partial charge in [-0.2, -0.15) is 10.1 Å². The van der Waals surface area contributed by atoms with Crippen LogP contribution in [0.1, 0.15) is 13.3 Å². The van der Waals surface area contributed by atoms with Gasteiger partial charge in [-0.05, 0) is 43.3 Å². The van der Waals surface area contributed by atoms with Crippen molar-refractivity contribution < 1.29 is 19.1 Å². The standard InChI is InChI=1S/C19H19N3O4/c1-13(26-16-10-8-15(25-2)9-11-16)19(24)20-17-12-18(23)22(21-17)14-6-4-3-5-7-14/h3-11,13H,12H2,1-2H3,(H,20,21,24). The molecule has 2 amide bonds. The topological polar surface area (TPSA) is 80.2 Å². The Kier molecular flexibility index (Phi) is 5.17. The van der Waals surface area contributed by atoms with E-state index in [1.54, 1.807) is 50.4 Å². The number of carbonyl (C=O) groups excluding carboxylic acids is 2. The van der Waals surface area contributed by atoms with Crippen molar-refractivity contribution in [1.29, 1.82) is 0 Å². The van der Waals surface area contributed by atoms with Crippen LogP contribution in [-0.2, 0) is 9.59 Å². The number of hydrazone groups is 1. The summed E-state index contributed by atoms with van der Waals surface area (Å²) in [4.78, 5) is 24.4. The number of para-hydroxylation sites is 1. The van der Waals surface area contributed by atoms with Crippen LogP contribution in [0.5, 0.6) is 11.5 Å². The van der Waals surface area contributed by atoms with Gasteiger partial charge in [-0.3, -0.25) is 9.59 Å². The van der Waals surface area contributed by atoms with E-state index in [1.165, 1.54) is 5.01 Å². The molecule has 26 heavy (non-hydrogen) atoms. The number of amidine groups is 1. The molecule has 7 nitrogen and oxygen atoms in total. The summed E-state index contributed by atoms with van der Waals surface area (Å²) < 4.78 is 10.7. The molecule has 0 saturated heterocycles. The lowest BCUT2D eigenvalue weighted by Crippen LogP contribution is -2.39. The van der Waals surface area contributed by atoms with Crippen molar-refractivity contribution >= 4 is 23.3 Å². The Labute approximate surface area is 151 Å². The van der Waals surface area contributed by atoms with E-state index in [4.69, 9.17) is 9.47 Å². The molecule has 1 atom stereocenters. The zero-order chi connectivity index (χ0) is 18.5. The molecule has 134 valence electrons. The number of carbonyl (C=O) groups is 2. The van der Waals surface area contributed by atoms with Gasteiger partial charge in [0.05, 0.1) is 19.2 Å². The van der Waals surface area contributed by atoms with Crippen molar-refractivity contribution in [2.45, 2.75) is 19.4 Å². The van der Waals surface area contributed by atoms with Gasteiger partial charge in [-0.25, -0.2) is 0 Å². The Morgan fingerprint density at radius 1 is 1.12 bits per heavy atom. The Balaban J connectivity index is 1.61. The zero-order valence-electron chi connectivity index (χ0n) is 14.5. The molecule has 1 heterocycles. The molecule has 2 aromatic carbocycles. The molecule has 1 N–H and O–H groups in total. The second-order valence-electron chi connectivity index (χ2n) is 5.69. The summed E-state index contributed by atoms with van der Waals surface area (Å²) >= 11 is 0. The lowest BCUT2D eigenvalue weighted by Gasteiger charge is -2.14. The summed E-state index contributed by atoms with van der Waals surface area (Å²) in [5, 5.41) is 8.12. The van der Waals surface area contributed by atoms with Gasteiger partial charge in [0.2, 0.25) is 0 Å². The van der Waals surface area contributed by atoms with E-state index in [1.807, 2.05) is 18.2 Å². The maximum atomic E-state index is 12.3. The second-order valence-corrected chi connectivity index (χ2v) is 5.69. The average molecular weight is 353 g/mol. The largest absolute Gasteiger partial charge is 0.497 e. The smallest absolute Gasteiger partial charge is 0.266 e. The predicted molar refractivity (Wildman–Crippen MR) is 97.2 cm³/mol. The summed E-state index contributed by atoms with van der Waals surface area (Å²) in [5.41, 5.74) is 0.657. The summed E-state index contributed by atoms with van der Waals surface area (Å²) in [6.45, 7) is 1.63. The van der Waals surface area contributed by atoms with E-state index in [0.29, 0.717) is 23.0 Å². The maximum Gasteiger partial charge on any atom is 0.266 e. The molecular formula is C19H19N3O4. The Hall–Kier alpha value is -3.35. The van der Waals surface area contributed by atoms with Gasteiger partial charge < -0.3 is 14.8 Å². The van der Waals surface area contributed by atoms with Crippen LogP contribution < -0.4 is 19.8 Å². The van der Waals surface area contributed by atoms with Crippen LogP contribution in [-0.4, -0.2) is 30.9 Å². The Morgan fingerprint density at radius 3 is 2.42 bits per heavy atom. The molecule has 7 heteroatoms. The first-order valence-electron chi connectivity index (χ1n) is 8.14. The van der Waals surface area contributed by atoms with E-state index >= 15 is 0 Å². The summed E-state index contributed by atoms with van der Waals surface area (Å²) in [7, 11) is 1.58. The number of nitrogens with one attached hydrogen (secondary N) is 1. The normalized spacial score (nSPS) is 14.6. The quantitative estimate of drug-likeness (QED) is 0.895. The number of anilines is 1. The summed E-state index contributed by atoms with van der Waals surface area (Å²) in [6.07, 6.45) is -0.706. The molecule has 0 aliphatic carbocycles. The van der Waals surface area contributed by atoms with Gasteiger partial charge in [0.25, 0.3) is 11.8 Å². The van der Waals surface area contributed by atoms with Crippen molar-refractivity contribution in [2.75, 3.05) is 12.1 Å². The van der Waals surface area contributed by atoms with Gasteiger partial charge in [0, 0.05) is 0 Å². The van der Waals surface area contributed by atoms with Crippen LogP contribution in [0.15, 0.2) is 59.7 Å². The van der Waals surface area contributed by atoms with Crippen LogP contribution in [0.4, 0.5) is 5.69 Å². The fraction of sp³-hybridized carbons (Fsp3) is 0.211. The number of rotatable bonds is 5. The highest BCUT2D eigenvalue weighted by Gasteiger charge is 2.27. The Morgan fingerprint density at radius 2 is 1.77 bits per heavy atom. The molecule has 1 unspecified atom stereocenters. The number of amides is 2. The molecule has 0 saturated carbocycles. The SMILES string of the molecule is COc1ccc(OC(C)C(=O)NC2=NN(c3ccccc3)C(=O)C2)cc1. The molecule has 0 fully saturated rings. The lowest BCUT2D eigenvalue weighted by atomic mass is 10.3. The minimum Gasteiger partial charge on any atom is -0.497 e. The molecule has 3 rings (SSSR count). The molecule has 1 aliphatic heterocycles. The monoisotopic (exact) mass is 353 g/mol. The van der Waals surface area contributed by atoms with Gasteiger partial charge in [-0.1, -0.05) is 18.2 Å². The first-order valence-corrected chi connectivity index (χ1v) is 8.14. The van der Waals surface area contributed by atoms with E-state index in [2.05, 4.69) is 10.4 Å². The molecule has 1 aliphatic rings. The van der Waals surface area contributed by atoms with E-state index < -0.39 is 6.10 Å². The number of benzene rings is 2. The maximum absolute atomic E-state index is 12.3. The van der Waals surface area contributed by atoms with Crippen molar-refractivity contribution in [3.8, 4) is 11.5 Å². The zero-order valence-corrected chi connectivity index (χ0v) is 14.5. The molecule has 0 spiro atoms. The number of methoxy groups -OCH3 is 1. The fourth-order valence-corrected chi connectivity index (χ4v) is 2.43. The highest BCUT2D eigenvalue weighted by atomic mass is 16.5. The van der Waals surface area contributed by atoms with Crippen LogP contribution in [0.3, 0.4) is 0 Å². The third kappa shape index (κ3) is 4.00. The van der Waals surface area contributed by atoms with E-state index in [-0.39, 0.29) is 18.2 Å². The van der Waals surface area contributed by atoms with E-state index in [9.17, 15) is 9.59 Å². The Bertz CT molecular complexity index is 818. The minimum atomic E-state index is -0.744. The van der Waals surface area contributed by atoms with Crippen LogP contribution in [0.25, 0.3) is 0 Å². The second kappa shape index (κ2) is 7.69. The van der Waals surface area contributed by atoms with Gasteiger partial charge in [-0.15, -0.1) is 0 Å². The third-order valence-corrected chi connectivity index (χ3v) is 3.79. The van der Waals surface area contributed by atoms with Crippen LogP contribution in [0.2, 0.25) is 0 Å². The molecule has 0 aromatic heterocycles. The average Bonchev–Trinajstić information content (AvgIpc) is 3.03. The molecule has 2 aromatic rings. The van der Waals surface area contributed by atoms with Crippen molar-refractivity contribution in [3.05, 3.63) is 54.6 Å². The lowest BCUT2D eigenvalue weighted by molar-refractivity contribution is -0.125. The first kappa shape index (κ1) is 17.5. The summed E-state index contributed by atoms with van der Waals surface area (Å²) in [6, 6.07) is 16.0. The van der Waals surface area contributed by atoms with Crippen molar-refractivity contribution in [2.24, 2.45) is 5.10 Å². The van der Waals surface area contributed by atoms with E-state index in [0.717, 1.165) is 0 Å². The van der Waals surface area contributed by atoms with Gasteiger partial charge in [0.15, 0.2) is 6.10 Å².